The van der Waals surface area contributed by atoms with E-state index in [1.54, 1.807) is 6.92 Å². The zero-order valence-electron chi connectivity index (χ0n) is 8.98. The number of nitrogens with zero attached hydrogens (tertiary/aromatic N) is 1. The number of hydrogen-bond acceptors (Lipinski definition) is 5. The third-order valence-electron chi connectivity index (χ3n) is 1.15. The first-order valence-electron chi connectivity index (χ1n) is 4.42. The molecule has 0 aromatic carbocycles. The van der Waals surface area contributed by atoms with Gasteiger partial charge >= 0.3 is 0 Å². The summed E-state index contributed by atoms with van der Waals surface area (Å²) in [5.41, 5.74) is -0.417. The molecule has 0 amide bonds. The first kappa shape index (κ1) is 13.1. The van der Waals surface area contributed by atoms with E-state index in [4.69, 9.17) is 9.47 Å². The summed E-state index contributed by atoms with van der Waals surface area (Å²) in [6.45, 7) is 7.51. The van der Waals surface area contributed by atoms with Gasteiger partial charge in [-0.1, -0.05) is 0 Å². The van der Waals surface area contributed by atoms with E-state index in [-0.39, 0.29) is 6.61 Å². The monoisotopic (exact) mass is 207 g/mol. The Bertz CT molecular complexity index is 177. The topological polar surface area (TPSA) is 70.8 Å². The van der Waals surface area contributed by atoms with Crippen molar-refractivity contribution >= 4 is 0 Å². The SMILES string of the molecule is CCOC(CO[N+](=O)[O-])OC(C)(C)C. The van der Waals surface area contributed by atoms with E-state index in [1.165, 1.54) is 0 Å². The minimum absolute atomic E-state index is 0.210. The first-order chi connectivity index (χ1) is 6.35. The summed E-state index contributed by atoms with van der Waals surface area (Å²) in [7, 11) is 0. The van der Waals surface area contributed by atoms with Crippen molar-refractivity contribution in [1.29, 1.82) is 0 Å². The zero-order valence-corrected chi connectivity index (χ0v) is 8.98. The van der Waals surface area contributed by atoms with E-state index in [0.29, 0.717) is 6.61 Å². The molecule has 0 N–H and O–H groups in total. The third kappa shape index (κ3) is 7.75. The van der Waals surface area contributed by atoms with Crippen LogP contribution in [0.15, 0.2) is 0 Å². The van der Waals surface area contributed by atoms with Gasteiger partial charge in [0, 0.05) is 6.61 Å². The van der Waals surface area contributed by atoms with Gasteiger partial charge in [0.15, 0.2) is 6.29 Å². The lowest BCUT2D eigenvalue weighted by Crippen LogP contribution is -2.33. The Kier molecular flexibility index (Phi) is 5.40. The predicted octanol–water partition coefficient (Wildman–Crippen LogP) is 1.37. The van der Waals surface area contributed by atoms with Gasteiger partial charge in [-0.3, -0.25) is 0 Å². The minimum Gasteiger partial charge on any atom is -0.351 e. The average molecular weight is 207 g/mol. The van der Waals surface area contributed by atoms with Gasteiger partial charge in [0.05, 0.1) is 5.60 Å². The maximum absolute atomic E-state index is 9.95. The largest absolute Gasteiger partial charge is 0.351 e. The van der Waals surface area contributed by atoms with Crippen LogP contribution >= 0.6 is 0 Å². The second kappa shape index (κ2) is 5.77. The molecule has 84 valence electrons. The molecule has 0 aromatic rings. The molecule has 0 bridgehead atoms. The van der Waals surface area contributed by atoms with E-state index in [9.17, 15) is 10.1 Å². The molecular weight excluding hydrogens is 190 g/mol. The van der Waals surface area contributed by atoms with Crippen LogP contribution in [0.5, 0.6) is 0 Å². The van der Waals surface area contributed by atoms with Crippen molar-refractivity contribution in [3.8, 4) is 0 Å². The molecule has 0 rings (SSSR count). The van der Waals surface area contributed by atoms with Crippen molar-refractivity contribution in [3.63, 3.8) is 0 Å². The molecular formula is C8H17NO5. The molecule has 1 atom stereocenters. The van der Waals surface area contributed by atoms with E-state index >= 15 is 0 Å². The third-order valence-corrected chi connectivity index (χ3v) is 1.15. The minimum atomic E-state index is -0.863. The molecule has 0 saturated heterocycles. The summed E-state index contributed by atoms with van der Waals surface area (Å²) < 4.78 is 10.5. The molecule has 0 saturated carbocycles. The summed E-state index contributed by atoms with van der Waals surface area (Å²) in [4.78, 5) is 14.1. The van der Waals surface area contributed by atoms with E-state index < -0.39 is 17.0 Å². The Hall–Kier alpha value is -0.880. The highest BCUT2D eigenvalue weighted by atomic mass is 17.0. The zero-order chi connectivity index (χ0) is 11.2. The van der Waals surface area contributed by atoms with Crippen molar-refractivity contribution < 1.29 is 19.4 Å². The van der Waals surface area contributed by atoms with Crippen molar-refractivity contribution in [1.82, 2.24) is 0 Å². The van der Waals surface area contributed by atoms with Gasteiger partial charge in [0.2, 0.25) is 0 Å². The lowest BCUT2D eigenvalue weighted by atomic mass is 10.2. The van der Waals surface area contributed by atoms with E-state index in [2.05, 4.69) is 4.84 Å². The molecule has 0 fully saturated rings. The van der Waals surface area contributed by atoms with E-state index in [1.807, 2.05) is 20.8 Å². The molecule has 6 heteroatoms. The number of hydrogen-bond donors (Lipinski definition) is 0. The Labute approximate surface area is 83.2 Å². The maximum Gasteiger partial charge on any atom is 0.294 e. The molecule has 1 unspecified atom stereocenters. The summed E-state index contributed by atoms with van der Waals surface area (Å²) in [5, 5.41) is 9.08. The summed E-state index contributed by atoms with van der Waals surface area (Å²) >= 11 is 0. The van der Waals surface area contributed by atoms with Crippen LogP contribution in [0.4, 0.5) is 0 Å². The van der Waals surface area contributed by atoms with Crippen molar-refractivity contribution in [2.24, 2.45) is 0 Å². The van der Waals surface area contributed by atoms with Gasteiger partial charge < -0.3 is 14.3 Å². The van der Waals surface area contributed by atoms with Crippen LogP contribution in [0, 0.1) is 10.1 Å². The second-order valence-electron chi connectivity index (χ2n) is 3.63. The summed E-state index contributed by atoms with van der Waals surface area (Å²) in [5.74, 6) is 0. The van der Waals surface area contributed by atoms with Gasteiger partial charge in [-0.05, 0) is 27.7 Å². The summed E-state index contributed by atoms with van der Waals surface area (Å²) in [6, 6.07) is 0. The standard InChI is InChI=1S/C8H17NO5/c1-5-12-7(6-13-9(10)11)14-8(2,3)4/h7H,5-6H2,1-4H3. The van der Waals surface area contributed by atoms with Crippen LogP contribution in [-0.2, 0) is 14.3 Å². The fourth-order valence-electron chi connectivity index (χ4n) is 0.818. The molecule has 0 aromatic heterocycles. The fourth-order valence-corrected chi connectivity index (χ4v) is 0.818. The Balaban J connectivity index is 3.95. The predicted molar refractivity (Wildman–Crippen MR) is 49.2 cm³/mol. The highest BCUT2D eigenvalue weighted by Gasteiger charge is 2.20. The highest BCUT2D eigenvalue weighted by Crippen LogP contribution is 2.12. The lowest BCUT2D eigenvalue weighted by molar-refractivity contribution is -0.761. The van der Waals surface area contributed by atoms with Gasteiger partial charge in [-0.25, -0.2) is 0 Å². The Morgan fingerprint density at radius 1 is 1.43 bits per heavy atom. The normalized spacial score (nSPS) is 13.7. The molecule has 6 nitrogen and oxygen atoms in total. The molecule has 0 aliphatic carbocycles. The number of rotatable bonds is 6. The van der Waals surface area contributed by atoms with Crippen molar-refractivity contribution in [2.75, 3.05) is 13.2 Å². The summed E-state index contributed by atoms with van der Waals surface area (Å²) in [6.07, 6.45) is -0.703. The highest BCUT2D eigenvalue weighted by molar-refractivity contribution is 4.60. The van der Waals surface area contributed by atoms with Gasteiger partial charge in [-0.2, -0.15) is 0 Å². The Morgan fingerprint density at radius 2 is 2.00 bits per heavy atom. The molecule has 0 aliphatic rings. The smallest absolute Gasteiger partial charge is 0.294 e. The average Bonchev–Trinajstić information content (AvgIpc) is 1.98. The van der Waals surface area contributed by atoms with Crippen LogP contribution in [-0.4, -0.2) is 30.2 Å². The van der Waals surface area contributed by atoms with Crippen LogP contribution in [0.25, 0.3) is 0 Å². The Morgan fingerprint density at radius 3 is 2.36 bits per heavy atom. The van der Waals surface area contributed by atoms with Crippen molar-refractivity contribution in [2.45, 2.75) is 39.6 Å². The molecule has 0 aliphatic heterocycles. The number of ether oxygens (including phenoxy) is 2. The first-order valence-corrected chi connectivity index (χ1v) is 4.42. The maximum atomic E-state index is 9.95. The van der Waals surface area contributed by atoms with Crippen LogP contribution < -0.4 is 0 Å². The van der Waals surface area contributed by atoms with Gasteiger partial charge in [-0.15, -0.1) is 10.1 Å². The van der Waals surface area contributed by atoms with Crippen LogP contribution in [0.1, 0.15) is 27.7 Å². The van der Waals surface area contributed by atoms with Crippen LogP contribution in [0.3, 0.4) is 0 Å². The van der Waals surface area contributed by atoms with Gasteiger partial charge in [0.25, 0.3) is 5.09 Å². The van der Waals surface area contributed by atoms with Crippen molar-refractivity contribution in [3.05, 3.63) is 10.1 Å². The molecule has 0 spiro atoms. The van der Waals surface area contributed by atoms with Gasteiger partial charge in [0.1, 0.15) is 6.61 Å². The molecule has 0 heterocycles. The quantitative estimate of drug-likeness (QED) is 0.373. The fraction of sp³-hybridized carbons (Fsp3) is 1.00. The lowest BCUT2D eigenvalue weighted by Gasteiger charge is -2.26. The second-order valence-corrected chi connectivity index (χ2v) is 3.63. The van der Waals surface area contributed by atoms with E-state index in [0.717, 1.165) is 0 Å². The molecule has 14 heavy (non-hydrogen) atoms. The van der Waals surface area contributed by atoms with Crippen LogP contribution in [0.2, 0.25) is 0 Å². The molecule has 0 radical (unpaired) electrons.